The van der Waals surface area contributed by atoms with Gasteiger partial charge in [-0.3, -0.25) is 4.79 Å². The van der Waals surface area contributed by atoms with Crippen LogP contribution in [0.3, 0.4) is 0 Å². The molecule has 106 valence electrons. The van der Waals surface area contributed by atoms with Crippen LogP contribution in [0.5, 0.6) is 0 Å². The number of halogens is 1. The number of nitrogens with one attached hydrogen (secondary N) is 1. The molecule has 2 aliphatic carbocycles. The van der Waals surface area contributed by atoms with Crippen LogP contribution < -0.4 is 5.32 Å². The fourth-order valence-corrected chi connectivity index (χ4v) is 2.62. The first-order chi connectivity index (χ1) is 10.2. The van der Waals surface area contributed by atoms with Gasteiger partial charge in [-0.1, -0.05) is 12.1 Å². The predicted octanol–water partition coefficient (Wildman–Crippen LogP) is 2.56. The molecule has 0 aliphatic heterocycles. The third-order valence-electron chi connectivity index (χ3n) is 4.37. The first-order valence-corrected chi connectivity index (χ1v) is 7.02. The number of hydrogen-bond acceptors (Lipinski definition) is 3. The number of fused-ring (bicyclic) bond motifs is 1. The van der Waals surface area contributed by atoms with Crippen LogP contribution in [0.15, 0.2) is 36.7 Å². The molecule has 0 saturated heterocycles. The van der Waals surface area contributed by atoms with E-state index >= 15 is 0 Å². The third kappa shape index (κ3) is 2.28. The average molecular weight is 283 g/mol. The third-order valence-corrected chi connectivity index (χ3v) is 4.37. The molecule has 1 N–H and O–H groups in total. The van der Waals surface area contributed by atoms with Crippen LogP contribution in [0.25, 0.3) is 0 Å². The fraction of sp³-hybridized carbons (Fsp3) is 0.312. The summed E-state index contributed by atoms with van der Waals surface area (Å²) < 4.78 is 12.8. The second kappa shape index (κ2) is 4.35. The molecule has 0 unspecified atom stereocenters. The van der Waals surface area contributed by atoms with Gasteiger partial charge in [0.15, 0.2) is 0 Å². The molecule has 2 saturated carbocycles. The molecule has 2 aliphatic rings. The highest BCUT2D eigenvalue weighted by Crippen LogP contribution is 2.75. The number of carbonyl (C=O) groups is 1. The van der Waals surface area contributed by atoms with Gasteiger partial charge in [-0.15, -0.1) is 0 Å². The minimum Gasteiger partial charge on any atom is -0.323 e. The van der Waals surface area contributed by atoms with E-state index in [1.165, 1.54) is 12.1 Å². The average Bonchev–Trinajstić information content (AvgIpc) is 3.33. The minimum atomic E-state index is -0.254. The van der Waals surface area contributed by atoms with Gasteiger partial charge in [-0.2, -0.15) is 0 Å². The largest absolute Gasteiger partial charge is 0.323 e. The summed E-state index contributed by atoms with van der Waals surface area (Å²) >= 11 is 0. The van der Waals surface area contributed by atoms with Crippen molar-refractivity contribution in [3.05, 3.63) is 53.9 Å². The summed E-state index contributed by atoms with van der Waals surface area (Å²) in [7, 11) is 0. The van der Waals surface area contributed by atoms with Gasteiger partial charge in [-0.25, -0.2) is 14.4 Å². The van der Waals surface area contributed by atoms with Crippen molar-refractivity contribution in [1.29, 1.82) is 0 Å². The minimum absolute atomic E-state index is 0.0488. The van der Waals surface area contributed by atoms with Crippen molar-refractivity contribution in [1.82, 2.24) is 9.97 Å². The van der Waals surface area contributed by atoms with E-state index in [4.69, 9.17) is 0 Å². The molecule has 21 heavy (non-hydrogen) atoms. The molecule has 5 heteroatoms. The van der Waals surface area contributed by atoms with Gasteiger partial charge in [0.25, 0.3) is 0 Å². The maximum Gasteiger partial charge on any atom is 0.230 e. The van der Waals surface area contributed by atoms with Gasteiger partial charge >= 0.3 is 0 Å². The van der Waals surface area contributed by atoms with Crippen LogP contribution in [0, 0.1) is 17.2 Å². The number of aromatic nitrogens is 2. The molecule has 4 rings (SSSR count). The first-order valence-electron chi connectivity index (χ1n) is 7.02. The SMILES string of the molecule is O=C(Nc1cnc(Cc2ccc(F)cc2)nc1)C12CC1C2. The maximum atomic E-state index is 12.8. The summed E-state index contributed by atoms with van der Waals surface area (Å²) in [5, 5.41) is 2.87. The van der Waals surface area contributed by atoms with E-state index in [0.29, 0.717) is 23.9 Å². The molecule has 1 amide bonds. The van der Waals surface area contributed by atoms with Crippen LogP contribution in [-0.2, 0) is 11.2 Å². The molecule has 0 radical (unpaired) electrons. The second-order valence-electron chi connectivity index (χ2n) is 5.91. The Morgan fingerprint density at radius 3 is 2.43 bits per heavy atom. The molecule has 0 spiro atoms. The van der Waals surface area contributed by atoms with E-state index in [9.17, 15) is 9.18 Å². The lowest BCUT2D eigenvalue weighted by atomic mass is 10.1. The normalized spacial score (nSPS) is 25.1. The van der Waals surface area contributed by atoms with Gasteiger partial charge in [0.05, 0.1) is 23.5 Å². The molecule has 1 aromatic carbocycles. The predicted molar refractivity (Wildman–Crippen MR) is 75.0 cm³/mol. The second-order valence-corrected chi connectivity index (χ2v) is 5.91. The van der Waals surface area contributed by atoms with Gasteiger partial charge in [-0.05, 0) is 36.5 Å². The van der Waals surface area contributed by atoms with Gasteiger partial charge in [0, 0.05) is 6.42 Å². The summed E-state index contributed by atoms with van der Waals surface area (Å²) in [6, 6.07) is 6.28. The number of rotatable bonds is 4. The highest BCUT2D eigenvalue weighted by molar-refractivity contribution is 6.00. The Hall–Kier alpha value is -2.30. The Labute approximate surface area is 121 Å². The zero-order valence-corrected chi connectivity index (χ0v) is 11.3. The quantitative estimate of drug-likeness (QED) is 0.938. The van der Waals surface area contributed by atoms with Crippen molar-refractivity contribution in [3.63, 3.8) is 0 Å². The van der Waals surface area contributed by atoms with Crippen molar-refractivity contribution in [3.8, 4) is 0 Å². The van der Waals surface area contributed by atoms with E-state index in [2.05, 4.69) is 15.3 Å². The molecule has 2 fully saturated rings. The van der Waals surface area contributed by atoms with Crippen LogP contribution in [-0.4, -0.2) is 15.9 Å². The van der Waals surface area contributed by atoms with Crippen molar-refractivity contribution in [2.24, 2.45) is 11.3 Å². The van der Waals surface area contributed by atoms with Crippen LogP contribution >= 0.6 is 0 Å². The van der Waals surface area contributed by atoms with Crippen molar-refractivity contribution in [2.45, 2.75) is 19.3 Å². The molecule has 0 bridgehead atoms. The molecule has 0 atom stereocenters. The number of benzene rings is 1. The highest BCUT2D eigenvalue weighted by Gasteiger charge is 2.74. The lowest BCUT2D eigenvalue weighted by Gasteiger charge is -2.07. The highest BCUT2D eigenvalue weighted by atomic mass is 19.1. The van der Waals surface area contributed by atoms with E-state index in [1.807, 2.05) is 0 Å². The topological polar surface area (TPSA) is 54.9 Å². The number of hydrogen-bond donors (Lipinski definition) is 1. The number of nitrogens with zero attached hydrogens (tertiary/aromatic N) is 2. The first kappa shape index (κ1) is 12.4. The Kier molecular flexibility index (Phi) is 2.58. The van der Waals surface area contributed by atoms with Crippen molar-refractivity contribution < 1.29 is 9.18 Å². The monoisotopic (exact) mass is 283 g/mol. The molecule has 1 aromatic heterocycles. The summed E-state index contributed by atoms with van der Waals surface area (Å²) in [4.78, 5) is 20.4. The van der Waals surface area contributed by atoms with Crippen LogP contribution in [0.4, 0.5) is 10.1 Å². The summed E-state index contributed by atoms with van der Waals surface area (Å²) in [6.45, 7) is 0. The number of amides is 1. The van der Waals surface area contributed by atoms with E-state index < -0.39 is 0 Å². The smallest absolute Gasteiger partial charge is 0.230 e. The zero-order chi connectivity index (χ0) is 14.4. The lowest BCUT2D eigenvalue weighted by Crippen LogP contribution is -2.18. The van der Waals surface area contributed by atoms with Gasteiger partial charge < -0.3 is 5.32 Å². The molecular formula is C16H14FN3O. The Balaban J connectivity index is 1.41. The summed E-state index contributed by atoms with van der Waals surface area (Å²) in [5.41, 5.74) is 1.54. The molecular weight excluding hydrogens is 269 g/mol. The molecule has 1 heterocycles. The Morgan fingerprint density at radius 1 is 1.24 bits per heavy atom. The summed E-state index contributed by atoms with van der Waals surface area (Å²) in [5.74, 6) is 1.11. The standard InChI is InChI=1S/C16H14FN3O/c17-12-3-1-10(2-4-12)5-14-18-8-13(9-19-14)20-15(21)16-6-11(16)7-16/h1-4,8-9,11H,5-7H2,(H,20,21). The fourth-order valence-electron chi connectivity index (χ4n) is 2.62. The Bertz CT molecular complexity index is 690. The molecule has 4 nitrogen and oxygen atoms in total. The van der Waals surface area contributed by atoms with E-state index in [1.54, 1.807) is 24.5 Å². The van der Waals surface area contributed by atoms with E-state index in [-0.39, 0.29) is 17.1 Å². The zero-order valence-electron chi connectivity index (χ0n) is 11.3. The Morgan fingerprint density at radius 2 is 1.86 bits per heavy atom. The van der Waals surface area contributed by atoms with Crippen LogP contribution in [0.2, 0.25) is 0 Å². The van der Waals surface area contributed by atoms with Crippen LogP contribution in [0.1, 0.15) is 24.2 Å². The van der Waals surface area contributed by atoms with Crippen molar-refractivity contribution in [2.75, 3.05) is 5.32 Å². The van der Waals surface area contributed by atoms with Gasteiger partial charge in [0.1, 0.15) is 11.6 Å². The maximum absolute atomic E-state index is 12.8. The van der Waals surface area contributed by atoms with Gasteiger partial charge in [0.2, 0.25) is 5.91 Å². The molecule has 2 aromatic rings. The number of anilines is 1. The van der Waals surface area contributed by atoms with Crippen molar-refractivity contribution >= 4 is 11.6 Å². The van der Waals surface area contributed by atoms with E-state index in [0.717, 1.165) is 18.4 Å². The number of carbonyl (C=O) groups excluding carboxylic acids is 1. The summed E-state index contributed by atoms with van der Waals surface area (Å²) in [6.07, 6.45) is 5.85. The lowest BCUT2D eigenvalue weighted by molar-refractivity contribution is -0.119.